The minimum atomic E-state index is 0.0532. The van der Waals surface area contributed by atoms with E-state index in [1.54, 1.807) is 7.05 Å². The summed E-state index contributed by atoms with van der Waals surface area (Å²) in [4.78, 5) is 5.19. The highest BCUT2D eigenvalue weighted by Gasteiger charge is 2.23. The van der Waals surface area contributed by atoms with Gasteiger partial charge in [0.15, 0.2) is 0 Å². The lowest BCUT2D eigenvalue weighted by molar-refractivity contribution is -0.0830. The van der Waals surface area contributed by atoms with Gasteiger partial charge in [0, 0.05) is 12.5 Å². The molecule has 0 amide bonds. The van der Waals surface area contributed by atoms with E-state index in [0.717, 1.165) is 0 Å². The van der Waals surface area contributed by atoms with Crippen molar-refractivity contribution in [3.05, 3.63) is 0 Å². The Kier molecular flexibility index (Phi) is 3.86. The molecule has 2 N–H and O–H groups in total. The average molecular weight is 146 g/mol. The Morgan fingerprint density at radius 2 is 1.70 bits per heavy atom. The van der Waals surface area contributed by atoms with Gasteiger partial charge >= 0.3 is 0 Å². The Balaban J connectivity index is 3.81. The number of hydroxylamine groups is 1. The fourth-order valence-electron chi connectivity index (χ4n) is 0.787. The maximum absolute atomic E-state index is 5.19. The predicted octanol–water partition coefficient (Wildman–Crippen LogP) is 0.729. The zero-order valence-electron chi connectivity index (χ0n) is 7.49. The van der Waals surface area contributed by atoms with Crippen molar-refractivity contribution >= 4 is 0 Å². The first-order valence-electron chi connectivity index (χ1n) is 3.52. The number of rotatable bonds is 3. The van der Waals surface area contributed by atoms with Crippen LogP contribution in [0.5, 0.6) is 0 Å². The summed E-state index contributed by atoms with van der Waals surface area (Å²) in [6, 6.07) is 0. The molecule has 3 heteroatoms. The van der Waals surface area contributed by atoms with Crippen molar-refractivity contribution in [2.45, 2.75) is 27.0 Å². The number of nitrogens with one attached hydrogen (secondary N) is 2. The van der Waals surface area contributed by atoms with Crippen molar-refractivity contribution in [2.24, 2.45) is 5.41 Å². The van der Waals surface area contributed by atoms with Crippen LogP contribution in [0.3, 0.4) is 0 Å². The highest BCUT2D eigenvalue weighted by Crippen LogP contribution is 2.18. The first-order chi connectivity index (χ1) is 4.52. The van der Waals surface area contributed by atoms with Gasteiger partial charge in [0.25, 0.3) is 0 Å². The number of hydrogen-bond donors (Lipinski definition) is 2. The second-order valence-corrected chi connectivity index (χ2v) is 3.36. The van der Waals surface area contributed by atoms with Gasteiger partial charge in [-0.1, -0.05) is 20.8 Å². The maximum atomic E-state index is 5.19. The van der Waals surface area contributed by atoms with Crippen LogP contribution in [0, 0.1) is 5.41 Å². The molecule has 3 nitrogen and oxygen atoms in total. The van der Waals surface area contributed by atoms with Gasteiger partial charge in [-0.05, 0) is 7.05 Å². The highest BCUT2D eigenvalue weighted by atomic mass is 16.7. The second kappa shape index (κ2) is 3.91. The minimum Gasteiger partial charge on any atom is -0.293 e. The van der Waals surface area contributed by atoms with Gasteiger partial charge in [-0.2, -0.15) is 0 Å². The van der Waals surface area contributed by atoms with Crippen LogP contribution in [0.4, 0.5) is 0 Å². The number of hydrogen-bond acceptors (Lipinski definition) is 3. The molecule has 0 aliphatic rings. The van der Waals surface area contributed by atoms with Gasteiger partial charge in [0.2, 0.25) is 0 Å². The molecule has 0 saturated carbocycles. The molecular weight excluding hydrogens is 128 g/mol. The molecule has 62 valence electrons. The van der Waals surface area contributed by atoms with Crippen LogP contribution < -0.4 is 10.8 Å². The van der Waals surface area contributed by atoms with Crippen LogP contribution in [0.2, 0.25) is 0 Å². The van der Waals surface area contributed by atoms with Crippen molar-refractivity contribution < 1.29 is 4.84 Å². The molecule has 1 atom stereocenters. The lowest BCUT2D eigenvalue weighted by atomic mass is 9.94. The fourth-order valence-corrected chi connectivity index (χ4v) is 0.787. The first kappa shape index (κ1) is 9.88. The standard InChI is InChI=1S/C7H18N2O/c1-7(2,3)6(8-4)10-9-5/h6,8-9H,1-5H3. The quantitative estimate of drug-likeness (QED) is 0.455. The summed E-state index contributed by atoms with van der Waals surface area (Å²) in [7, 11) is 3.64. The molecule has 0 spiro atoms. The summed E-state index contributed by atoms with van der Waals surface area (Å²) in [6.45, 7) is 6.35. The SMILES string of the molecule is CNOC(NC)C(C)(C)C. The van der Waals surface area contributed by atoms with Crippen molar-refractivity contribution in [2.75, 3.05) is 14.1 Å². The van der Waals surface area contributed by atoms with Crippen LogP contribution in [-0.2, 0) is 4.84 Å². The van der Waals surface area contributed by atoms with Crippen LogP contribution in [0.1, 0.15) is 20.8 Å². The first-order valence-corrected chi connectivity index (χ1v) is 3.52. The summed E-state index contributed by atoms with van der Waals surface area (Å²) in [5, 5.41) is 3.06. The van der Waals surface area contributed by atoms with Gasteiger partial charge in [-0.3, -0.25) is 10.2 Å². The Morgan fingerprint density at radius 3 is 1.80 bits per heavy atom. The summed E-state index contributed by atoms with van der Waals surface area (Å²) >= 11 is 0. The Hall–Kier alpha value is -0.120. The Labute approximate surface area is 63.1 Å². The monoisotopic (exact) mass is 146 g/mol. The smallest absolute Gasteiger partial charge is 0.134 e. The van der Waals surface area contributed by atoms with Gasteiger partial charge in [0.05, 0.1) is 0 Å². The van der Waals surface area contributed by atoms with Gasteiger partial charge in [0.1, 0.15) is 6.23 Å². The van der Waals surface area contributed by atoms with Gasteiger partial charge in [-0.25, -0.2) is 5.48 Å². The molecule has 0 bridgehead atoms. The molecule has 0 aliphatic heterocycles. The molecule has 10 heavy (non-hydrogen) atoms. The molecule has 0 aromatic rings. The molecule has 0 aromatic heterocycles. The predicted molar refractivity (Wildman–Crippen MR) is 42.4 cm³/mol. The van der Waals surface area contributed by atoms with E-state index in [2.05, 4.69) is 31.6 Å². The van der Waals surface area contributed by atoms with E-state index in [-0.39, 0.29) is 11.6 Å². The fraction of sp³-hybridized carbons (Fsp3) is 1.00. The lowest BCUT2D eigenvalue weighted by Crippen LogP contribution is -2.43. The molecule has 0 aliphatic carbocycles. The largest absolute Gasteiger partial charge is 0.293 e. The van der Waals surface area contributed by atoms with E-state index in [9.17, 15) is 0 Å². The van der Waals surface area contributed by atoms with Crippen molar-refractivity contribution in [1.82, 2.24) is 10.8 Å². The van der Waals surface area contributed by atoms with E-state index in [1.807, 2.05) is 7.05 Å². The maximum Gasteiger partial charge on any atom is 0.134 e. The third kappa shape index (κ3) is 3.15. The average Bonchev–Trinajstić information content (AvgIpc) is 1.80. The molecule has 0 aromatic carbocycles. The zero-order valence-corrected chi connectivity index (χ0v) is 7.49. The van der Waals surface area contributed by atoms with E-state index in [0.29, 0.717) is 0 Å². The van der Waals surface area contributed by atoms with E-state index >= 15 is 0 Å². The molecule has 0 fully saturated rings. The Morgan fingerprint density at radius 1 is 1.20 bits per heavy atom. The van der Waals surface area contributed by atoms with Crippen LogP contribution in [0.15, 0.2) is 0 Å². The van der Waals surface area contributed by atoms with Crippen molar-refractivity contribution in [3.63, 3.8) is 0 Å². The Bertz CT molecular complexity index is 88.1. The molecule has 1 unspecified atom stereocenters. The van der Waals surface area contributed by atoms with Crippen LogP contribution in [-0.4, -0.2) is 20.3 Å². The van der Waals surface area contributed by atoms with E-state index < -0.39 is 0 Å². The summed E-state index contributed by atoms with van der Waals surface area (Å²) in [6.07, 6.45) is 0.0532. The normalized spacial score (nSPS) is 15.3. The van der Waals surface area contributed by atoms with Crippen molar-refractivity contribution in [1.29, 1.82) is 0 Å². The summed E-state index contributed by atoms with van der Waals surface area (Å²) in [5.41, 5.74) is 2.79. The minimum absolute atomic E-state index is 0.0532. The lowest BCUT2D eigenvalue weighted by Gasteiger charge is -2.28. The second-order valence-electron chi connectivity index (χ2n) is 3.36. The summed E-state index contributed by atoms with van der Waals surface area (Å²) in [5.74, 6) is 0. The zero-order chi connectivity index (χ0) is 8.20. The van der Waals surface area contributed by atoms with Crippen LogP contribution >= 0.6 is 0 Å². The molecule has 0 saturated heterocycles. The third-order valence-electron chi connectivity index (χ3n) is 1.28. The summed E-state index contributed by atoms with van der Waals surface area (Å²) < 4.78 is 0. The van der Waals surface area contributed by atoms with Gasteiger partial charge < -0.3 is 0 Å². The van der Waals surface area contributed by atoms with E-state index in [4.69, 9.17) is 4.84 Å². The molecule has 0 rings (SSSR count). The topological polar surface area (TPSA) is 33.3 Å². The highest BCUT2D eigenvalue weighted by molar-refractivity contribution is 4.69. The van der Waals surface area contributed by atoms with E-state index in [1.165, 1.54) is 0 Å². The van der Waals surface area contributed by atoms with Crippen molar-refractivity contribution in [3.8, 4) is 0 Å². The van der Waals surface area contributed by atoms with Crippen LogP contribution in [0.25, 0.3) is 0 Å². The van der Waals surface area contributed by atoms with Gasteiger partial charge in [-0.15, -0.1) is 0 Å². The third-order valence-corrected chi connectivity index (χ3v) is 1.28. The molecule has 0 radical (unpaired) electrons. The molecular formula is C7H18N2O. The molecule has 0 heterocycles.